The number of ether oxygens (including phenoxy) is 2. The molecule has 0 amide bonds. The Hall–Kier alpha value is -1.53. The topological polar surface area (TPSA) is 242 Å². The number of carbonyl (C=O) groups is 4. The van der Waals surface area contributed by atoms with E-state index >= 15 is 0 Å². The summed E-state index contributed by atoms with van der Waals surface area (Å²) in [5.74, 6) is -5.79. The maximum absolute atomic E-state index is 11.4. The Morgan fingerprint density at radius 3 is 1.02 bits per heavy atom. The van der Waals surface area contributed by atoms with Gasteiger partial charge in [-0.3, -0.25) is 18.9 Å². The van der Waals surface area contributed by atoms with Crippen LogP contribution in [0.1, 0.15) is 181 Å². The molecule has 17 heteroatoms. The molecule has 0 saturated carbocycles. The molecule has 0 aliphatic heterocycles. The van der Waals surface area contributed by atoms with E-state index in [0.717, 1.165) is 38.5 Å². The number of carboxylic acid groups (broad SMARTS) is 2. The molecule has 0 radical (unpaired) electrons. The number of carbonyl (C=O) groups excluding carboxylic acids is 3. The molecule has 308 valence electrons. The van der Waals surface area contributed by atoms with Gasteiger partial charge in [-0.25, -0.2) is 8.42 Å². The maximum atomic E-state index is 11.4. The van der Waals surface area contributed by atoms with Crippen molar-refractivity contribution in [3.8, 4) is 0 Å². The molecule has 0 aliphatic rings. The molecule has 0 aromatic rings. The average Bonchev–Trinajstić information content (AvgIpc) is 3.05. The second-order valence-corrected chi connectivity index (χ2v) is 16.4. The zero-order valence-corrected chi connectivity index (χ0v) is 35.3. The summed E-state index contributed by atoms with van der Waals surface area (Å²) in [6.45, 7) is 4.65. The third-order valence-corrected chi connectivity index (χ3v) is 10.6. The first kappa shape index (κ1) is 55.8. The van der Waals surface area contributed by atoms with Crippen molar-refractivity contribution >= 4 is 67.2 Å². The molecule has 0 saturated heterocycles. The SMILES string of the molecule is CCCCCCCCCCCCCCOC(=O)CC(C(=O)O)S(=O)(=O)O.CCCCCCCCCCCCCCOC(=O)CC(C(=O)[O-])S(=O)(=O)[O-].[Mg+2]. The maximum Gasteiger partial charge on any atom is 2.00 e. The van der Waals surface area contributed by atoms with Crippen molar-refractivity contribution in [1.29, 1.82) is 0 Å². The van der Waals surface area contributed by atoms with Crippen molar-refractivity contribution in [2.24, 2.45) is 0 Å². The van der Waals surface area contributed by atoms with E-state index in [1.807, 2.05) is 0 Å². The van der Waals surface area contributed by atoms with Gasteiger partial charge >= 0.3 is 41.0 Å². The van der Waals surface area contributed by atoms with E-state index in [0.29, 0.717) is 12.8 Å². The smallest absolute Gasteiger partial charge is 0.747 e. The summed E-state index contributed by atoms with van der Waals surface area (Å²) in [5, 5.41) is 14.7. The Bertz CT molecular complexity index is 1070. The molecule has 53 heavy (non-hydrogen) atoms. The van der Waals surface area contributed by atoms with Crippen LogP contribution in [0.3, 0.4) is 0 Å². The minimum absolute atomic E-state index is 0. The van der Waals surface area contributed by atoms with Crippen molar-refractivity contribution in [3.63, 3.8) is 0 Å². The van der Waals surface area contributed by atoms with Crippen LogP contribution in [-0.4, -0.2) is 102 Å². The second kappa shape index (κ2) is 36.1. The molecular formula is C36H66MgO14S2. The van der Waals surface area contributed by atoms with E-state index in [-0.39, 0.29) is 36.3 Å². The van der Waals surface area contributed by atoms with E-state index in [1.54, 1.807) is 0 Å². The van der Waals surface area contributed by atoms with Gasteiger partial charge < -0.3 is 29.0 Å². The first-order valence-corrected chi connectivity index (χ1v) is 22.2. The summed E-state index contributed by atoms with van der Waals surface area (Å²) in [4.78, 5) is 44.1. The summed E-state index contributed by atoms with van der Waals surface area (Å²) in [6, 6.07) is 0. The van der Waals surface area contributed by atoms with Gasteiger partial charge in [-0.15, -0.1) is 0 Å². The minimum atomic E-state index is -5.13. The van der Waals surface area contributed by atoms with Gasteiger partial charge in [0.05, 0.1) is 37.3 Å². The second-order valence-electron chi connectivity index (χ2n) is 13.3. The van der Waals surface area contributed by atoms with Crippen LogP contribution in [0.2, 0.25) is 0 Å². The van der Waals surface area contributed by atoms with Gasteiger partial charge in [0.2, 0.25) is 0 Å². The minimum Gasteiger partial charge on any atom is -0.747 e. The van der Waals surface area contributed by atoms with Crippen LogP contribution in [0.5, 0.6) is 0 Å². The van der Waals surface area contributed by atoms with E-state index in [2.05, 4.69) is 13.8 Å². The average molecular weight is 811 g/mol. The monoisotopic (exact) mass is 810 g/mol. The van der Waals surface area contributed by atoms with Crippen molar-refractivity contribution in [3.05, 3.63) is 0 Å². The number of unbranched alkanes of at least 4 members (excludes halogenated alkanes) is 22. The normalized spacial score (nSPS) is 12.5. The van der Waals surface area contributed by atoms with Gasteiger partial charge in [0, 0.05) is 0 Å². The van der Waals surface area contributed by atoms with Gasteiger partial charge in [-0.05, 0) is 12.8 Å². The van der Waals surface area contributed by atoms with Crippen LogP contribution in [-0.2, 0) is 48.9 Å². The number of hydrogen-bond donors (Lipinski definition) is 2. The largest absolute Gasteiger partial charge is 2.00 e. The number of rotatable bonds is 34. The summed E-state index contributed by atoms with van der Waals surface area (Å²) < 4.78 is 72.2. The zero-order valence-electron chi connectivity index (χ0n) is 32.3. The van der Waals surface area contributed by atoms with Crippen molar-refractivity contribution in [1.82, 2.24) is 0 Å². The first-order chi connectivity index (χ1) is 24.6. The van der Waals surface area contributed by atoms with Crippen LogP contribution in [0.25, 0.3) is 0 Å². The molecular weight excluding hydrogens is 745 g/mol. The molecule has 14 nitrogen and oxygen atoms in total. The van der Waals surface area contributed by atoms with Gasteiger partial charge in [-0.2, -0.15) is 8.42 Å². The van der Waals surface area contributed by atoms with Crippen LogP contribution < -0.4 is 5.11 Å². The molecule has 0 fully saturated rings. The predicted molar refractivity (Wildman–Crippen MR) is 201 cm³/mol. The third-order valence-electron chi connectivity index (χ3n) is 8.47. The van der Waals surface area contributed by atoms with Gasteiger partial charge in [0.15, 0.2) is 5.25 Å². The van der Waals surface area contributed by atoms with Gasteiger partial charge in [0.1, 0.15) is 10.1 Å². The number of carboxylic acids is 2. The molecule has 2 unspecified atom stereocenters. The van der Waals surface area contributed by atoms with Crippen LogP contribution in [0, 0.1) is 0 Å². The molecule has 0 bridgehead atoms. The van der Waals surface area contributed by atoms with Crippen LogP contribution >= 0.6 is 0 Å². The number of esters is 2. The summed E-state index contributed by atoms with van der Waals surface area (Å²) in [5.41, 5.74) is 0. The fourth-order valence-corrected chi connectivity index (χ4v) is 6.48. The Kier molecular flexibility index (Phi) is 38.0. The van der Waals surface area contributed by atoms with E-state index in [4.69, 9.17) is 19.1 Å². The molecule has 0 heterocycles. The molecule has 0 spiro atoms. The zero-order chi connectivity index (χ0) is 39.7. The fraction of sp³-hybridized carbons (Fsp3) is 0.889. The molecule has 0 rings (SSSR count). The Labute approximate surface area is 335 Å². The molecule has 0 aliphatic carbocycles. The fourth-order valence-electron chi connectivity index (χ4n) is 5.30. The Morgan fingerprint density at radius 1 is 0.528 bits per heavy atom. The Balaban J connectivity index is -0.000000926. The van der Waals surface area contributed by atoms with Crippen LogP contribution in [0.15, 0.2) is 0 Å². The van der Waals surface area contributed by atoms with Gasteiger partial charge in [-0.1, -0.05) is 155 Å². The predicted octanol–water partition coefficient (Wildman–Crippen LogP) is 5.87. The summed E-state index contributed by atoms with van der Waals surface area (Å²) in [6.07, 6.45) is 26.2. The third kappa shape index (κ3) is 37.2. The summed E-state index contributed by atoms with van der Waals surface area (Å²) in [7, 11) is -9.95. The van der Waals surface area contributed by atoms with E-state index < -0.39 is 67.5 Å². The summed E-state index contributed by atoms with van der Waals surface area (Å²) >= 11 is 0. The van der Waals surface area contributed by atoms with E-state index in [1.165, 1.54) is 103 Å². The van der Waals surface area contributed by atoms with Crippen molar-refractivity contribution in [2.45, 2.75) is 191 Å². The van der Waals surface area contributed by atoms with Gasteiger partial charge in [0.25, 0.3) is 10.1 Å². The standard InChI is InChI=1S/2C18H34O7S.Mg/c2*1-2-3-4-5-6-7-8-9-10-11-12-13-14-25-17(19)15-16(18(20)21)26(22,23)24;/h2*16H,2-15H2,1H3,(H,20,21)(H,22,23,24);/q;;+2/p-2. The first-order valence-electron chi connectivity index (χ1n) is 19.2. The molecule has 2 N–H and O–H groups in total. The number of aliphatic carboxylic acids is 2. The number of hydrogen-bond acceptors (Lipinski definition) is 12. The molecule has 0 aromatic heterocycles. The van der Waals surface area contributed by atoms with Crippen molar-refractivity contribution < 1.29 is 64.8 Å². The van der Waals surface area contributed by atoms with E-state index in [9.17, 15) is 45.7 Å². The molecule has 2 atom stereocenters. The quantitative estimate of drug-likeness (QED) is 0.0335. The Morgan fingerprint density at radius 2 is 0.792 bits per heavy atom. The van der Waals surface area contributed by atoms with Crippen LogP contribution in [0.4, 0.5) is 0 Å². The molecule has 0 aromatic carbocycles. The van der Waals surface area contributed by atoms with Crippen molar-refractivity contribution in [2.75, 3.05) is 13.2 Å².